The molecule has 4 nitrogen and oxygen atoms in total. The van der Waals surface area contributed by atoms with E-state index in [2.05, 4.69) is 5.32 Å². The molecule has 0 fully saturated rings. The third kappa shape index (κ3) is 3.87. The number of carbonyl (C=O) groups excluding carboxylic acids is 1. The van der Waals surface area contributed by atoms with E-state index in [1.54, 1.807) is 12.1 Å². The second-order valence-electron chi connectivity index (χ2n) is 6.59. The fourth-order valence-corrected chi connectivity index (χ4v) is 3.18. The van der Waals surface area contributed by atoms with Gasteiger partial charge in [0.05, 0.1) is 18.4 Å². The van der Waals surface area contributed by atoms with E-state index in [1.165, 1.54) is 25.3 Å². The van der Waals surface area contributed by atoms with Crippen molar-refractivity contribution in [3.05, 3.63) is 77.9 Å². The number of benzene rings is 3. The molecular formula is C23H16F3NO3. The van der Waals surface area contributed by atoms with E-state index in [1.807, 2.05) is 24.3 Å². The molecule has 0 saturated carbocycles. The first-order valence-electron chi connectivity index (χ1n) is 9.01. The van der Waals surface area contributed by atoms with Gasteiger partial charge in [-0.3, -0.25) is 4.79 Å². The number of furan rings is 1. The number of ether oxygens (including phenoxy) is 1. The lowest BCUT2D eigenvalue weighted by Crippen LogP contribution is -2.09. The van der Waals surface area contributed by atoms with Crippen LogP contribution >= 0.6 is 0 Å². The minimum atomic E-state index is -4.44. The Morgan fingerprint density at radius 3 is 2.57 bits per heavy atom. The second kappa shape index (κ2) is 7.59. The summed E-state index contributed by atoms with van der Waals surface area (Å²) in [5, 5.41) is 4.45. The Morgan fingerprint density at radius 1 is 1.00 bits per heavy atom. The highest BCUT2D eigenvalue weighted by molar-refractivity contribution is 6.09. The Labute approximate surface area is 169 Å². The van der Waals surface area contributed by atoms with Crippen molar-refractivity contribution in [1.29, 1.82) is 0 Å². The van der Waals surface area contributed by atoms with Gasteiger partial charge in [-0.1, -0.05) is 30.3 Å². The van der Waals surface area contributed by atoms with Crippen LogP contribution in [0, 0.1) is 0 Å². The normalized spacial score (nSPS) is 12.0. The standard InChI is InChI=1S/C23H16F3NO3/c1-29-21-12-17-16-7-2-3-8-19(16)30-20(17)13-18(21)27-22(28)10-9-14-5-4-6-15(11-14)23(24,25)26/h2-13H,1H3,(H,27,28)/b10-9+. The lowest BCUT2D eigenvalue weighted by molar-refractivity contribution is -0.137. The first kappa shape index (κ1) is 19.6. The van der Waals surface area contributed by atoms with Crippen LogP contribution in [0.4, 0.5) is 18.9 Å². The fraction of sp³-hybridized carbons (Fsp3) is 0.0870. The van der Waals surface area contributed by atoms with Gasteiger partial charge in [0.1, 0.15) is 16.9 Å². The van der Waals surface area contributed by atoms with E-state index >= 15 is 0 Å². The molecule has 0 bridgehead atoms. The average molecular weight is 411 g/mol. The lowest BCUT2D eigenvalue weighted by atomic mass is 10.1. The summed E-state index contributed by atoms with van der Waals surface area (Å²) in [7, 11) is 1.48. The first-order chi connectivity index (χ1) is 14.3. The molecule has 3 aromatic carbocycles. The molecule has 7 heteroatoms. The van der Waals surface area contributed by atoms with Gasteiger partial charge in [-0.15, -0.1) is 0 Å². The van der Waals surface area contributed by atoms with Crippen molar-refractivity contribution in [2.75, 3.05) is 12.4 Å². The number of methoxy groups -OCH3 is 1. The van der Waals surface area contributed by atoms with Crippen LogP contribution in [0.25, 0.3) is 28.0 Å². The number of carbonyl (C=O) groups is 1. The molecule has 0 spiro atoms. The van der Waals surface area contributed by atoms with Gasteiger partial charge >= 0.3 is 6.18 Å². The van der Waals surface area contributed by atoms with Crippen LogP contribution in [0.15, 0.2) is 71.2 Å². The molecule has 0 aliphatic carbocycles. The number of nitrogens with one attached hydrogen (secondary N) is 1. The Bertz CT molecular complexity index is 1270. The summed E-state index contributed by atoms with van der Waals surface area (Å²) in [6.07, 6.45) is -1.96. The summed E-state index contributed by atoms with van der Waals surface area (Å²) in [4.78, 5) is 12.3. The Kier molecular flexibility index (Phi) is 4.95. The van der Waals surface area contributed by atoms with Gasteiger partial charge in [-0.05, 0) is 35.9 Å². The van der Waals surface area contributed by atoms with E-state index in [0.717, 1.165) is 29.0 Å². The van der Waals surface area contributed by atoms with Crippen LogP contribution in [-0.4, -0.2) is 13.0 Å². The highest BCUT2D eigenvalue weighted by atomic mass is 19.4. The van der Waals surface area contributed by atoms with Crippen molar-refractivity contribution in [2.45, 2.75) is 6.18 Å². The Balaban J connectivity index is 1.60. The van der Waals surface area contributed by atoms with Gasteiger partial charge in [-0.2, -0.15) is 13.2 Å². The molecule has 152 valence electrons. The van der Waals surface area contributed by atoms with Crippen LogP contribution in [-0.2, 0) is 11.0 Å². The minimum Gasteiger partial charge on any atom is -0.495 e. The van der Waals surface area contributed by atoms with E-state index < -0.39 is 17.6 Å². The first-order valence-corrected chi connectivity index (χ1v) is 9.01. The van der Waals surface area contributed by atoms with Gasteiger partial charge in [0.15, 0.2) is 0 Å². The maximum absolute atomic E-state index is 12.8. The monoisotopic (exact) mass is 411 g/mol. The number of hydrogen-bond acceptors (Lipinski definition) is 3. The van der Waals surface area contributed by atoms with Crippen molar-refractivity contribution < 1.29 is 27.1 Å². The summed E-state index contributed by atoms with van der Waals surface area (Å²) in [5.41, 5.74) is 1.17. The zero-order valence-corrected chi connectivity index (χ0v) is 15.8. The topological polar surface area (TPSA) is 51.5 Å². The zero-order chi connectivity index (χ0) is 21.3. The van der Waals surface area contributed by atoms with Crippen LogP contribution < -0.4 is 10.1 Å². The van der Waals surface area contributed by atoms with Crippen molar-refractivity contribution in [3.63, 3.8) is 0 Å². The quantitative estimate of drug-likeness (QED) is 0.403. The average Bonchev–Trinajstić information content (AvgIpc) is 3.08. The summed E-state index contributed by atoms with van der Waals surface area (Å²) in [6.45, 7) is 0. The Morgan fingerprint density at radius 2 is 1.80 bits per heavy atom. The van der Waals surface area contributed by atoms with Gasteiger partial charge in [0, 0.05) is 22.9 Å². The molecule has 0 radical (unpaired) electrons. The van der Waals surface area contributed by atoms with Crippen molar-refractivity contribution in [1.82, 2.24) is 0 Å². The summed E-state index contributed by atoms with van der Waals surface area (Å²) >= 11 is 0. The zero-order valence-electron chi connectivity index (χ0n) is 15.8. The fourth-order valence-electron chi connectivity index (χ4n) is 3.18. The van der Waals surface area contributed by atoms with Crippen molar-refractivity contribution in [3.8, 4) is 5.75 Å². The maximum atomic E-state index is 12.8. The van der Waals surface area contributed by atoms with E-state index in [0.29, 0.717) is 22.6 Å². The third-order valence-electron chi connectivity index (χ3n) is 4.60. The number of anilines is 1. The van der Waals surface area contributed by atoms with E-state index in [9.17, 15) is 18.0 Å². The molecule has 0 unspecified atom stereocenters. The lowest BCUT2D eigenvalue weighted by Gasteiger charge is -2.09. The summed E-state index contributed by atoms with van der Waals surface area (Å²) in [5.74, 6) is -0.0731. The molecule has 30 heavy (non-hydrogen) atoms. The summed E-state index contributed by atoms with van der Waals surface area (Å²) < 4.78 is 49.6. The molecular weight excluding hydrogens is 395 g/mol. The molecule has 1 heterocycles. The number of fused-ring (bicyclic) bond motifs is 3. The maximum Gasteiger partial charge on any atom is 0.416 e. The predicted octanol–water partition coefficient (Wildman–Crippen LogP) is 6.27. The smallest absolute Gasteiger partial charge is 0.416 e. The van der Waals surface area contributed by atoms with Crippen LogP contribution in [0.2, 0.25) is 0 Å². The van der Waals surface area contributed by atoms with E-state index in [4.69, 9.17) is 9.15 Å². The number of hydrogen-bond donors (Lipinski definition) is 1. The van der Waals surface area contributed by atoms with Crippen LogP contribution in [0.3, 0.4) is 0 Å². The van der Waals surface area contributed by atoms with Crippen LogP contribution in [0.5, 0.6) is 5.75 Å². The molecule has 1 aromatic heterocycles. The van der Waals surface area contributed by atoms with Crippen LogP contribution in [0.1, 0.15) is 11.1 Å². The SMILES string of the molecule is COc1cc2c(cc1NC(=O)/C=C/c1cccc(C(F)(F)F)c1)oc1ccccc12. The van der Waals surface area contributed by atoms with E-state index in [-0.39, 0.29) is 5.56 Å². The number of para-hydroxylation sites is 1. The molecule has 0 atom stereocenters. The molecule has 0 saturated heterocycles. The second-order valence-corrected chi connectivity index (χ2v) is 6.59. The molecule has 1 amide bonds. The van der Waals surface area contributed by atoms with Gasteiger partial charge in [-0.25, -0.2) is 0 Å². The van der Waals surface area contributed by atoms with Crippen molar-refractivity contribution in [2.24, 2.45) is 0 Å². The van der Waals surface area contributed by atoms with Crippen molar-refractivity contribution >= 4 is 39.6 Å². The predicted molar refractivity (Wildman–Crippen MR) is 109 cm³/mol. The largest absolute Gasteiger partial charge is 0.495 e. The molecule has 0 aliphatic rings. The molecule has 4 aromatic rings. The Hall–Kier alpha value is -3.74. The summed E-state index contributed by atoms with van der Waals surface area (Å²) in [6, 6.07) is 15.7. The number of halogens is 3. The van der Waals surface area contributed by atoms with Gasteiger partial charge < -0.3 is 14.5 Å². The number of alkyl halides is 3. The van der Waals surface area contributed by atoms with Gasteiger partial charge in [0.2, 0.25) is 5.91 Å². The number of amides is 1. The minimum absolute atomic E-state index is 0.264. The highest BCUT2D eigenvalue weighted by Crippen LogP contribution is 2.36. The molecule has 4 rings (SSSR count). The highest BCUT2D eigenvalue weighted by Gasteiger charge is 2.30. The number of rotatable bonds is 4. The molecule has 0 aliphatic heterocycles. The molecule has 1 N–H and O–H groups in total. The van der Waals surface area contributed by atoms with Gasteiger partial charge in [0.25, 0.3) is 0 Å². The third-order valence-corrected chi connectivity index (χ3v) is 4.60.